The molecule has 1 heterocycles. The van der Waals surface area contributed by atoms with Crippen molar-refractivity contribution < 1.29 is 4.74 Å². The molecule has 2 N–H and O–H groups in total. The molecule has 1 aromatic heterocycles. The second-order valence-electron chi connectivity index (χ2n) is 3.44. The number of hydrogen-bond donors (Lipinski definition) is 1. The van der Waals surface area contributed by atoms with E-state index in [1.54, 1.807) is 36.4 Å². The predicted octanol–water partition coefficient (Wildman–Crippen LogP) is 3.81. The molecule has 0 unspecified atom stereocenters. The molecule has 2 aromatic rings. The van der Waals surface area contributed by atoms with Gasteiger partial charge in [0.2, 0.25) is 5.88 Å². The van der Waals surface area contributed by atoms with Gasteiger partial charge in [-0.1, -0.05) is 35.4 Å². The molecule has 0 saturated heterocycles. The number of rotatable bonds is 3. The predicted molar refractivity (Wildman–Crippen MR) is 76.7 cm³/mol. The Hall–Kier alpha value is -1.36. The highest BCUT2D eigenvalue weighted by molar-refractivity contribution is 7.80. The summed E-state index contributed by atoms with van der Waals surface area (Å²) >= 11 is 16.5. The van der Waals surface area contributed by atoms with Gasteiger partial charge in [-0.3, -0.25) is 0 Å². The third-order valence-corrected chi connectivity index (χ3v) is 2.77. The van der Waals surface area contributed by atoms with Crippen LogP contribution in [0.15, 0.2) is 36.4 Å². The molecule has 0 atom stereocenters. The summed E-state index contributed by atoms with van der Waals surface area (Å²) in [6.45, 7) is 0. The molecule has 0 bridgehead atoms. The number of nitrogens with zero attached hydrogens (tertiary/aromatic N) is 1. The third-order valence-electron chi connectivity index (χ3n) is 2.09. The fraction of sp³-hybridized carbons (Fsp3) is 0. The summed E-state index contributed by atoms with van der Waals surface area (Å²) in [6.07, 6.45) is 0. The van der Waals surface area contributed by atoms with Gasteiger partial charge in [-0.25, -0.2) is 4.98 Å². The second kappa shape index (κ2) is 5.52. The Labute approximate surface area is 119 Å². The van der Waals surface area contributed by atoms with Gasteiger partial charge < -0.3 is 10.5 Å². The van der Waals surface area contributed by atoms with Crippen LogP contribution in [0.3, 0.4) is 0 Å². The van der Waals surface area contributed by atoms with Crippen molar-refractivity contribution in [1.82, 2.24) is 4.98 Å². The van der Waals surface area contributed by atoms with Gasteiger partial charge in [0.1, 0.15) is 15.9 Å². The number of thiocarbonyl (C=S) groups is 1. The molecule has 1 aromatic carbocycles. The molecule has 0 aliphatic rings. The zero-order chi connectivity index (χ0) is 13.1. The highest BCUT2D eigenvalue weighted by Crippen LogP contribution is 2.24. The lowest BCUT2D eigenvalue weighted by Crippen LogP contribution is -2.09. The Bertz CT molecular complexity index is 587. The highest BCUT2D eigenvalue weighted by Gasteiger charge is 2.05. The molecule has 0 saturated carbocycles. The van der Waals surface area contributed by atoms with E-state index in [4.69, 9.17) is 45.9 Å². The standard InChI is InChI=1S/C12H8Cl2N2OS/c13-8-1-3-9(4-2-8)17-11-6-7(12(15)18)5-10(14)16-11/h1-6H,(H2,15,18). The van der Waals surface area contributed by atoms with E-state index in [1.165, 1.54) is 0 Å². The quantitative estimate of drug-likeness (QED) is 0.691. The molecule has 18 heavy (non-hydrogen) atoms. The van der Waals surface area contributed by atoms with Gasteiger partial charge in [-0.05, 0) is 30.3 Å². The van der Waals surface area contributed by atoms with E-state index in [0.717, 1.165) is 0 Å². The zero-order valence-corrected chi connectivity index (χ0v) is 11.4. The monoisotopic (exact) mass is 298 g/mol. The van der Waals surface area contributed by atoms with E-state index in [2.05, 4.69) is 4.98 Å². The largest absolute Gasteiger partial charge is 0.439 e. The van der Waals surface area contributed by atoms with E-state index in [0.29, 0.717) is 22.2 Å². The van der Waals surface area contributed by atoms with Crippen LogP contribution in [0, 0.1) is 0 Å². The van der Waals surface area contributed by atoms with E-state index < -0.39 is 0 Å². The van der Waals surface area contributed by atoms with Crippen molar-refractivity contribution in [3.05, 3.63) is 52.1 Å². The highest BCUT2D eigenvalue weighted by atomic mass is 35.5. The Morgan fingerprint density at radius 1 is 1.17 bits per heavy atom. The van der Waals surface area contributed by atoms with E-state index in [9.17, 15) is 0 Å². The Kier molecular flexibility index (Phi) is 4.01. The van der Waals surface area contributed by atoms with Crippen molar-refractivity contribution in [3.8, 4) is 11.6 Å². The third kappa shape index (κ3) is 3.32. The van der Waals surface area contributed by atoms with Gasteiger partial charge in [0.05, 0.1) is 0 Å². The molecule has 6 heteroatoms. The summed E-state index contributed by atoms with van der Waals surface area (Å²) in [5, 5.41) is 0.898. The van der Waals surface area contributed by atoms with Crippen molar-refractivity contribution in [1.29, 1.82) is 0 Å². The molecule has 3 nitrogen and oxygen atoms in total. The molecular formula is C12H8Cl2N2OS. The van der Waals surface area contributed by atoms with Crippen LogP contribution in [0.25, 0.3) is 0 Å². The fourth-order valence-corrected chi connectivity index (χ4v) is 1.74. The maximum Gasteiger partial charge on any atom is 0.221 e. The van der Waals surface area contributed by atoms with Gasteiger partial charge in [0.25, 0.3) is 0 Å². The summed E-state index contributed by atoms with van der Waals surface area (Å²) in [5.74, 6) is 0.927. The molecular weight excluding hydrogens is 291 g/mol. The van der Waals surface area contributed by atoms with Crippen molar-refractivity contribution in [2.45, 2.75) is 0 Å². The summed E-state index contributed by atoms with van der Waals surface area (Å²) in [5.41, 5.74) is 6.14. The normalized spacial score (nSPS) is 10.1. The Balaban J connectivity index is 2.28. The SMILES string of the molecule is NC(=S)c1cc(Cl)nc(Oc2ccc(Cl)cc2)c1. The molecule has 92 valence electrons. The molecule has 0 radical (unpaired) electrons. The lowest BCUT2D eigenvalue weighted by Gasteiger charge is -2.07. The molecule has 2 rings (SSSR count). The summed E-state index contributed by atoms with van der Waals surface area (Å²) in [6, 6.07) is 10.1. The van der Waals surface area contributed by atoms with Crippen molar-refractivity contribution in [2.24, 2.45) is 5.73 Å². The number of pyridine rings is 1. The van der Waals surface area contributed by atoms with Gasteiger partial charge in [-0.2, -0.15) is 0 Å². The minimum absolute atomic E-state index is 0.236. The first-order valence-corrected chi connectivity index (χ1v) is 6.12. The number of benzene rings is 1. The summed E-state index contributed by atoms with van der Waals surface area (Å²) in [4.78, 5) is 4.27. The number of halogens is 2. The molecule has 0 spiro atoms. The Morgan fingerprint density at radius 3 is 2.44 bits per heavy atom. The second-order valence-corrected chi connectivity index (χ2v) is 4.70. The van der Waals surface area contributed by atoms with Crippen LogP contribution in [0.1, 0.15) is 5.56 Å². The average molecular weight is 299 g/mol. The molecule has 0 fully saturated rings. The van der Waals surface area contributed by atoms with Crippen LogP contribution in [0.2, 0.25) is 10.2 Å². The van der Waals surface area contributed by atoms with Crippen LogP contribution in [-0.2, 0) is 0 Å². The first-order chi connectivity index (χ1) is 8.54. The van der Waals surface area contributed by atoms with Crippen LogP contribution in [0.5, 0.6) is 11.6 Å². The minimum atomic E-state index is 0.236. The first-order valence-electron chi connectivity index (χ1n) is 4.95. The van der Waals surface area contributed by atoms with E-state index in [1.807, 2.05) is 0 Å². The average Bonchev–Trinajstić information content (AvgIpc) is 2.31. The van der Waals surface area contributed by atoms with Gasteiger partial charge in [0, 0.05) is 16.7 Å². The van der Waals surface area contributed by atoms with Gasteiger partial charge in [0.15, 0.2) is 0 Å². The summed E-state index contributed by atoms with van der Waals surface area (Å²) < 4.78 is 5.54. The lowest BCUT2D eigenvalue weighted by molar-refractivity contribution is 0.463. The lowest BCUT2D eigenvalue weighted by atomic mass is 10.2. The number of aromatic nitrogens is 1. The minimum Gasteiger partial charge on any atom is -0.439 e. The van der Waals surface area contributed by atoms with E-state index >= 15 is 0 Å². The van der Waals surface area contributed by atoms with Crippen LogP contribution in [0.4, 0.5) is 0 Å². The topological polar surface area (TPSA) is 48.1 Å². The number of ether oxygens (including phenoxy) is 1. The fourth-order valence-electron chi connectivity index (χ4n) is 1.29. The maximum atomic E-state index is 5.86. The first kappa shape index (κ1) is 13.1. The van der Waals surface area contributed by atoms with E-state index in [-0.39, 0.29) is 10.1 Å². The van der Waals surface area contributed by atoms with Crippen molar-refractivity contribution >= 4 is 40.4 Å². The molecule has 0 aliphatic heterocycles. The maximum absolute atomic E-state index is 5.86. The van der Waals surface area contributed by atoms with Crippen LogP contribution < -0.4 is 10.5 Å². The Morgan fingerprint density at radius 2 is 1.83 bits per heavy atom. The molecule has 0 amide bonds. The molecule has 0 aliphatic carbocycles. The van der Waals surface area contributed by atoms with Gasteiger partial charge >= 0.3 is 0 Å². The van der Waals surface area contributed by atoms with Crippen molar-refractivity contribution in [2.75, 3.05) is 0 Å². The van der Waals surface area contributed by atoms with Crippen LogP contribution in [-0.4, -0.2) is 9.97 Å². The van der Waals surface area contributed by atoms with Crippen molar-refractivity contribution in [3.63, 3.8) is 0 Å². The van der Waals surface area contributed by atoms with Crippen LogP contribution >= 0.6 is 35.4 Å². The smallest absolute Gasteiger partial charge is 0.221 e. The number of nitrogens with two attached hydrogens (primary N) is 1. The summed E-state index contributed by atoms with van der Waals surface area (Å²) in [7, 11) is 0. The zero-order valence-electron chi connectivity index (χ0n) is 9.06. The number of hydrogen-bond acceptors (Lipinski definition) is 3. The van der Waals surface area contributed by atoms with Gasteiger partial charge in [-0.15, -0.1) is 0 Å².